The summed E-state index contributed by atoms with van der Waals surface area (Å²) in [5.74, 6) is -0.626. The maximum Gasteiger partial charge on any atom is 0.290 e. The number of rotatable bonds is 1. The predicted molar refractivity (Wildman–Crippen MR) is 74.4 cm³/mol. The third kappa shape index (κ3) is 2.32. The fourth-order valence-corrected chi connectivity index (χ4v) is 3.01. The molecule has 1 aromatic heterocycles. The number of carbonyl (C=O) groups is 1. The zero-order valence-electron chi connectivity index (χ0n) is 9.03. The second-order valence-electron chi connectivity index (χ2n) is 3.56. The highest BCUT2D eigenvalue weighted by Crippen LogP contribution is 2.33. The SMILES string of the molecule is Cc1ccc2sc(C(=O)N=C(N)N)cc2c1Br. The van der Waals surface area contributed by atoms with Crippen molar-refractivity contribution in [3.8, 4) is 0 Å². The van der Waals surface area contributed by atoms with E-state index in [-0.39, 0.29) is 5.96 Å². The van der Waals surface area contributed by atoms with Gasteiger partial charge in [0.1, 0.15) is 0 Å². The zero-order chi connectivity index (χ0) is 12.6. The molecule has 0 aliphatic heterocycles. The largest absolute Gasteiger partial charge is 0.370 e. The lowest BCUT2D eigenvalue weighted by Gasteiger charge is -1.97. The Morgan fingerprint density at radius 2 is 2.12 bits per heavy atom. The molecule has 1 amide bonds. The molecule has 0 saturated heterocycles. The Morgan fingerprint density at radius 1 is 1.41 bits per heavy atom. The van der Waals surface area contributed by atoms with Crippen LogP contribution in [0.3, 0.4) is 0 Å². The van der Waals surface area contributed by atoms with Gasteiger partial charge < -0.3 is 11.5 Å². The Bertz CT molecular complexity index is 629. The number of amides is 1. The Kier molecular flexibility index (Phi) is 3.17. The van der Waals surface area contributed by atoms with Crippen LogP contribution in [-0.2, 0) is 0 Å². The van der Waals surface area contributed by atoms with Gasteiger partial charge in [0, 0.05) is 14.6 Å². The van der Waals surface area contributed by atoms with E-state index in [1.54, 1.807) is 6.07 Å². The number of halogens is 1. The minimum Gasteiger partial charge on any atom is -0.370 e. The van der Waals surface area contributed by atoms with Crippen LogP contribution >= 0.6 is 27.3 Å². The average Bonchev–Trinajstić information content (AvgIpc) is 2.67. The van der Waals surface area contributed by atoms with E-state index in [1.807, 2.05) is 19.1 Å². The van der Waals surface area contributed by atoms with Crippen molar-refractivity contribution in [1.82, 2.24) is 0 Å². The molecule has 0 aliphatic rings. The van der Waals surface area contributed by atoms with Crippen molar-refractivity contribution in [2.75, 3.05) is 0 Å². The van der Waals surface area contributed by atoms with Crippen LogP contribution in [0.5, 0.6) is 0 Å². The Hall–Kier alpha value is -1.40. The summed E-state index contributed by atoms with van der Waals surface area (Å²) in [4.78, 5) is 15.7. The lowest BCUT2D eigenvalue weighted by atomic mass is 10.2. The molecule has 17 heavy (non-hydrogen) atoms. The van der Waals surface area contributed by atoms with Crippen LogP contribution in [-0.4, -0.2) is 11.9 Å². The fraction of sp³-hybridized carbons (Fsp3) is 0.0909. The number of nitrogens with two attached hydrogens (primary N) is 2. The summed E-state index contributed by atoms with van der Waals surface area (Å²) in [7, 11) is 0. The predicted octanol–water partition coefficient (Wildman–Crippen LogP) is 2.39. The van der Waals surface area contributed by atoms with Crippen LogP contribution in [0, 0.1) is 6.92 Å². The van der Waals surface area contributed by atoms with Crippen LogP contribution in [0.2, 0.25) is 0 Å². The summed E-state index contributed by atoms with van der Waals surface area (Å²) in [6.45, 7) is 2.00. The van der Waals surface area contributed by atoms with Crippen LogP contribution in [0.4, 0.5) is 0 Å². The van der Waals surface area contributed by atoms with Gasteiger partial charge in [-0.25, -0.2) is 0 Å². The molecular weight excluding hydrogens is 302 g/mol. The minimum atomic E-state index is -0.407. The van der Waals surface area contributed by atoms with Gasteiger partial charge in [-0.2, -0.15) is 4.99 Å². The summed E-state index contributed by atoms with van der Waals surface area (Å²) in [5.41, 5.74) is 11.5. The van der Waals surface area contributed by atoms with E-state index < -0.39 is 5.91 Å². The number of hydrogen-bond acceptors (Lipinski definition) is 2. The molecular formula is C11H10BrN3OS. The van der Waals surface area contributed by atoms with Crippen LogP contribution < -0.4 is 11.5 Å². The Balaban J connectivity index is 2.56. The van der Waals surface area contributed by atoms with Crippen LogP contribution in [0.25, 0.3) is 10.1 Å². The highest BCUT2D eigenvalue weighted by molar-refractivity contribution is 9.10. The van der Waals surface area contributed by atoms with Crippen molar-refractivity contribution in [3.05, 3.63) is 33.1 Å². The molecule has 0 fully saturated rings. The molecule has 0 spiro atoms. The molecule has 0 aliphatic carbocycles. The summed E-state index contributed by atoms with van der Waals surface area (Å²) >= 11 is 4.88. The van der Waals surface area contributed by atoms with E-state index in [0.29, 0.717) is 4.88 Å². The van der Waals surface area contributed by atoms with Crippen molar-refractivity contribution in [1.29, 1.82) is 0 Å². The molecule has 0 radical (unpaired) electrons. The normalized spacial score (nSPS) is 10.5. The lowest BCUT2D eigenvalue weighted by molar-refractivity contribution is 0.101. The average molecular weight is 312 g/mol. The molecule has 1 aromatic carbocycles. The molecule has 2 rings (SSSR count). The molecule has 2 aromatic rings. The molecule has 88 valence electrons. The number of aryl methyl sites for hydroxylation is 1. The number of benzene rings is 1. The summed E-state index contributed by atoms with van der Waals surface area (Å²) in [6, 6.07) is 5.77. The van der Waals surface area contributed by atoms with Crippen LogP contribution in [0.15, 0.2) is 27.7 Å². The monoisotopic (exact) mass is 311 g/mol. The first-order valence-corrected chi connectivity index (χ1v) is 6.42. The Labute approximate surface area is 110 Å². The Morgan fingerprint density at radius 3 is 2.76 bits per heavy atom. The molecule has 1 heterocycles. The smallest absolute Gasteiger partial charge is 0.290 e. The highest BCUT2D eigenvalue weighted by atomic mass is 79.9. The van der Waals surface area contributed by atoms with Gasteiger partial charge in [0.05, 0.1) is 4.88 Å². The molecule has 0 unspecified atom stereocenters. The molecule has 4 nitrogen and oxygen atoms in total. The van der Waals surface area contributed by atoms with Gasteiger partial charge in [-0.3, -0.25) is 4.79 Å². The molecule has 6 heteroatoms. The van der Waals surface area contributed by atoms with Gasteiger partial charge in [0.15, 0.2) is 5.96 Å². The lowest BCUT2D eigenvalue weighted by Crippen LogP contribution is -2.24. The first-order valence-electron chi connectivity index (χ1n) is 4.81. The van der Waals surface area contributed by atoms with E-state index in [1.165, 1.54) is 11.3 Å². The van der Waals surface area contributed by atoms with E-state index >= 15 is 0 Å². The topological polar surface area (TPSA) is 81.5 Å². The minimum absolute atomic E-state index is 0.220. The van der Waals surface area contributed by atoms with Gasteiger partial charge in [0.25, 0.3) is 5.91 Å². The maximum absolute atomic E-state index is 11.7. The molecule has 0 saturated carbocycles. The van der Waals surface area contributed by atoms with E-state index in [9.17, 15) is 4.79 Å². The quantitative estimate of drug-likeness (QED) is 0.626. The molecule has 0 bridgehead atoms. The number of carbonyl (C=O) groups excluding carboxylic acids is 1. The standard InChI is InChI=1S/C11H10BrN3OS/c1-5-2-3-7-6(9(5)12)4-8(17-7)10(16)15-11(13)14/h2-4H,1H3,(H4,13,14,15,16). The highest BCUT2D eigenvalue weighted by Gasteiger charge is 2.12. The van der Waals surface area contributed by atoms with Crippen LogP contribution in [0.1, 0.15) is 15.2 Å². The van der Waals surface area contributed by atoms with Crippen molar-refractivity contribution in [2.24, 2.45) is 16.5 Å². The van der Waals surface area contributed by atoms with Gasteiger partial charge in [-0.05, 0) is 40.5 Å². The molecule has 4 N–H and O–H groups in total. The fourth-order valence-electron chi connectivity index (χ4n) is 1.46. The van der Waals surface area contributed by atoms with Crippen molar-refractivity contribution in [3.63, 3.8) is 0 Å². The number of thiophene rings is 1. The van der Waals surface area contributed by atoms with Gasteiger partial charge in [-0.15, -0.1) is 11.3 Å². The van der Waals surface area contributed by atoms with Gasteiger partial charge in [0.2, 0.25) is 0 Å². The second-order valence-corrected chi connectivity index (χ2v) is 5.44. The number of nitrogens with zero attached hydrogens (tertiary/aromatic N) is 1. The first-order chi connectivity index (χ1) is 7.99. The zero-order valence-corrected chi connectivity index (χ0v) is 11.4. The third-order valence-electron chi connectivity index (χ3n) is 2.27. The van der Waals surface area contributed by atoms with E-state index in [4.69, 9.17) is 11.5 Å². The van der Waals surface area contributed by atoms with E-state index in [2.05, 4.69) is 20.9 Å². The number of hydrogen-bond donors (Lipinski definition) is 2. The van der Waals surface area contributed by atoms with Gasteiger partial charge in [-0.1, -0.05) is 6.07 Å². The summed E-state index contributed by atoms with van der Waals surface area (Å²) in [6.07, 6.45) is 0. The maximum atomic E-state index is 11.7. The molecule has 0 atom stereocenters. The van der Waals surface area contributed by atoms with Gasteiger partial charge >= 0.3 is 0 Å². The van der Waals surface area contributed by atoms with Crippen molar-refractivity contribution in [2.45, 2.75) is 6.92 Å². The summed E-state index contributed by atoms with van der Waals surface area (Å²) in [5, 5.41) is 1.00. The third-order valence-corrected chi connectivity index (χ3v) is 4.41. The van der Waals surface area contributed by atoms with E-state index in [0.717, 1.165) is 20.1 Å². The summed E-state index contributed by atoms with van der Waals surface area (Å²) < 4.78 is 2.02. The number of fused-ring (bicyclic) bond motifs is 1. The first kappa shape index (κ1) is 12.1. The van der Waals surface area contributed by atoms with Crippen molar-refractivity contribution < 1.29 is 4.79 Å². The van der Waals surface area contributed by atoms with Crippen molar-refractivity contribution >= 4 is 49.2 Å². The number of aliphatic imine (C=N–C) groups is 1. The second kappa shape index (κ2) is 4.46. The number of guanidine groups is 1.